The number of hydrazine groups is 1. The molecule has 6 heteroatoms. The van der Waals surface area contributed by atoms with Crippen LogP contribution in [0.1, 0.15) is 16.7 Å². The van der Waals surface area contributed by atoms with E-state index in [0.717, 1.165) is 22.4 Å². The second kappa shape index (κ2) is 4.57. The van der Waals surface area contributed by atoms with Crippen molar-refractivity contribution in [2.45, 2.75) is 20.8 Å². The molecule has 2 heterocycles. The van der Waals surface area contributed by atoms with Gasteiger partial charge in [-0.05, 0) is 44.0 Å². The number of hydrogen-bond donors (Lipinski definition) is 2. The highest BCUT2D eigenvalue weighted by Gasteiger charge is 2.12. The second-order valence-corrected chi connectivity index (χ2v) is 4.85. The van der Waals surface area contributed by atoms with Crippen molar-refractivity contribution in [1.82, 2.24) is 19.5 Å². The van der Waals surface area contributed by atoms with Crippen LogP contribution in [0.4, 0.5) is 5.82 Å². The minimum atomic E-state index is 0.612. The van der Waals surface area contributed by atoms with Crippen molar-refractivity contribution in [3.8, 4) is 5.82 Å². The van der Waals surface area contributed by atoms with E-state index in [1.165, 1.54) is 17.5 Å². The molecule has 0 aliphatic rings. The van der Waals surface area contributed by atoms with E-state index in [9.17, 15) is 0 Å². The zero-order valence-electron chi connectivity index (χ0n) is 11.7. The molecule has 3 aromatic rings. The van der Waals surface area contributed by atoms with Crippen LogP contribution < -0.4 is 11.3 Å². The number of nitrogens with zero attached hydrogens (tertiary/aromatic N) is 4. The Morgan fingerprint density at radius 2 is 1.80 bits per heavy atom. The third-order valence-corrected chi connectivity index (χ3v) is 3.59. The van der Waals surface area contributed by atoms with Crippen LogP contribution in [-0.4, -0.2) is 19.5 Å². The maximum absolute atomic E-state index is 5.46. The SMILES string of the molecule is Cc1cc2ncn(-c3ncnc(NN)c3C)c2cc1C. The average molecular weight is 268 g/mol. The number of rotatable bonds is 2. The predicted octanol–water partition coefficient (Wildman–Crippen LogP) is 2.03. The van der Waals surface area contributed by atoms with E-state index in [4.69, 9.17) is 5.84 Å². The quantitative estimate of drug-likeness (QED) is 0.549. The fraction of sp³-hybridized carbons (Fsp3) is 0.214. The topological polar surface area (TPSA) is 81.7 Å². The first-order valence-corrected chi connectivity index (χ1v) is 6.34. The van der Waals surface area contributed by atoms with Gasteiger partial charge in [-0.25, -0.2) is 20.8 Å². The lowest BCUT2D eigenvalue weighted by Crippen LogP contribution is -2.12. The molecule has 0 bridgehead atoms. The van der Waals surface area contributed by atoms with Crippen LogP contribution in [0, 0.1) is 20.8 Å². The molecule has 0 amide bonds. The molecule has 0 saturated carbocycles. The summed E-state index contributed by atoms with van der Waals surface area (Å²) >= 11 is 0. The lowest BCUT2D eigenvalue weighted by Gasteiger charge is -2.10. The largest absolute Gasteiger partial charge is 0.308 e. The molecule has 3 N–H and O–H groups in total. The van der Waals surface area contributed by atoms with E-state index < -0.39 is 0 Å². The maximum atomic E-state index is 5.46. The Bertz CT molecular complexity index is 790. The molecular weight excluding hydrogens is 252 g/mol. The van der Waals surface area contributed by atoms with Gasteiger partial charge in [0.2, 0.25) is 0 Å². The third kappa shape index (κ3) is 1.81. The number of nitrogens with one attached hydrogen (secondary N) is 1. The summed E-state index contributed by atoms with van der Waals surface area (Å²) in [5.41, 5.74) is 7.89. The number of nitrogens with two attached hydrogens (primary N) is 1. The molecule has 0 unspecified atom stereocenters. The molecule has 6 nitrogen and oxygen atoms in total. The molecule has 0 fully saturated rings. The van der Waals surface area contributed by atoms with E-state index in [-0.39, 0.29) is 0 Å². The van der Waals surface area contributed by atoms with E-state index in [2.05, 4.69) is 46.4 Å². The minimum absolute atomic E-state index is 0.612. The van der Waals surface area contributed by atoms with Gasteiger partial charge in [0.15, 0.2) is 0 Å². The van der Waals surface area contributed by atoms with Crippen LogP contribution >= 0.6 is 0 Å². The minimum Gasteiger partial charge on any atom is -0.308 e. The fourth-order valence-electron chi connectivity index (χ4n) is 2.26. The van der Waals surface area contributed by atoms with Crippen LogP contribution in [0.15, 0.2) is 24.8 Å². The Hall–Kier alpha value is -2.47. The van der Waals surface area contributed by atoms with Gasteiger partial charge in [-0.3, -0.25) is 4.57 Å². The van der Waals surface area contributed by atoms with Crippen LogP contribution in [0.3, 0.4) is 0 Å². The van der Waals surface area contributed by atoms with Gasteiger partial charge < -0.3 is 5.43 Å². The fourth-order valence-corrected chi connectivity index (χ4v) is 2.26. The number of benzene rings is 1. The molecule has 0 spiro atoms. The second-order valence-electron chi connectivity index (χ2n) is 4.85. The van der Waals surface area contributed by atoms with Crippen molar-refractivity contribution < 1.29 is 0 Å². The number of nitrogen functional groups attached to an aromatic ring is 1. The summed E-state index contributed by atoms with van der Waals surface area (Å²) in [6.45, 7) is 6.10. The number of aryl methyl sites for hydroxylation is 2. The van der Waals surface area contributed by atoms with Crippen LogP contribution in [0.25, 0.3) is 16.9 Å². The van der Waals surface area contributed by atoms with Gasteiger partial charge in [0.25, 0.3) is 0 Å². The van der Waals surface area contributed by atoms with Crippen molar-refractivity contribution in [1.29, 1.82) is 0 Å². The van der Waals surface area contributed by atoms with Crippen LogP contribution in [0.2, 0.25) is 0 Å². The molecule has 2 aromatic heterocycles. The highest BCUT2D eigenvalue weighted by molar-refractivity contribution is 5.79. The maximum Gasteiger partial charge on any atom is 0.148 e. The van der Waals surface area contributed by atoms with Crippen molar-refractivity contribution in [3.05, 3.63) is 41.5 Å². The molecule has 0 saturated heterocycles. The number of fused-ring (bicyclic) bond motifs is 1. The van der Waals surface area contributed by atoms with Crippen molar-refractivity contribution in [2.75, 3.05) is 5.43 Å². The summed E-state index contributed by atoms with van der Waals surface area (Å²) < 4.78 is 1.96. The first-order valence-electron chi connectivity index (χ1n) is 6.34. The summed E-state index contributed by atoms with van der Waals surface area (Å²) in [5, 5.41) is 0. The zero-order chi connectivity index (χ0) is 14.3. The molecule has 1 aromatic carbocycles. The summed E-state index contributed by atoms with van der Waals surface area (Å²) in [6.07, 6.45) is 3.27. The van der Waals surface area contributed by atoms with Crippen molar-refractivity contribution in [3.63, 3.8) is 0 Å². The lowest BCUT2D eigenvalue weighted by atomic mass is 10.1. The van der Waals surface area contributed by atoms with Gasteiger partial charge in [0, 0.05) is 5.56 Å². The standard InChI is InChI=1S/C14H16N6/c1-8-4-11-12(5-9(8)2)20(7-18-11)14-10(3)13(19-15)16-6-17-14/h4-7H,15H2,1-3H3,(H,16,17,19). The highest BCUT2D eigenvalue weighted by Crippen LogP contribution is 2.24. The van der Waals surface area contributed by atoms with E-state index in [0.29, 0.717) is 5.82 Å². The number of hydrogen-bond acceptors (Lipinski definition) is 5. The molecule has 0 radical (unpaired) electrons. The van der Waals surface area contributed by atoms with Gasteiger partial charge in [0.1, 0.15) is 24.3 Å². The Labute approximate surface area is 116 Å². The predicted molar refractivity (Wildman–Crippen MR) is 78.7 cm³/mol. The van der Waals surface area contributed by atoms with Crippen LogP contribution in [0.5, 0.6) is 0 Å². The summed E-state index contributed by atoms with van der Waals surface area (Å²) in [7, 11) is 0. The lowest BCUT2D eigenvalue weighted by molar-refractivity contribution is 0.969. The Morgan fingerprint density at radius 1 is 1.05 bits per heavy atom. The molecule has 0 aliphatic carbocycles. The van der Waals surface area contributed by atoms with Gasteiger partial charge in [-0.15, -0.1) is 0 Å². The summed E-state index contributed by atoms with van der Waals surface area (Å²) in [6, 6.07) is 4.20. The normalized spacial score (nSPS) is 11.0. The summed E-state index contributed by atoms with van der Waals surface area (Å²) in [4.78, 5) is 12.9. The Morgan fingerprint density at radius 3 is 2.55 bits per heavy atom. The average Bonchev–Trinajstić information content (AvgIpc) is 2.82. The molecule has 0 aliphatic heterocycles. The number of imidazole rings is 1. The molecule has 20 heavy (non-hydrogen) atoms. The van der Waals surface area contributed by atoms with Crippen molar-refractivity contribution in [2.24, 2.45) is 5.84 Å². The van der Waals surface area contributed by atoms with Crippen molar-refractivity contribution >= 4 is 16.9 Å². The Balaban J connectivity index is 2.28. The van der Waals surface area contributed by atoms with E-state index in [1.54, 1.807) is 6.33 Å². The van der Waals surface area contributed by atoms with Gasteiger partial charge in [-0.2, -0.15) is 0 Å². The molecular formula is C14H16N6. The Kier molecular flexibility index (Phi) is 2.87. The molecule has 102 valence electrons. The van der Waals surface area contributed by atoms with E-state index >= 15 is 0 Å². The number of aromatic nitrogens is 4. The third-order valence-electron chi connectivity index (χ3n) is 3.59. The van der Waals surface area contributed by atoms with Gasteiger partial charge in [-0.1, -0.05) is 0 Å². The molecule has 3 rings (SSSR count). The van der Waals surface area contributed by atoms with E-state index in [1.807, 2.05) is 11.5 Å². The first kappa shape index (κ1) is 12.6. The first-order chi connectivity index (χ1) is 9.61. The monoisotopic (exact) mass is 268 g/mol. The van der Waals surface area contributed by atoms with Gasteiger partial charge >= 0.3 is 0 Å². The summed E-state index contributed by atoms with van der Waals surface area (Å²) in [5.74, 6) is 6.85. The smallest absolute Gasteiger partial charge is 0.148 e. The number of anilines is 1. The molecule has 0 atom stereocenters. The van der Waals surface area contributed by atoms with Gasteiger partial charge in [0.05, 0.1) is 11.0 Å². The zero-order valence-corrected chi connectivity index (χ0v) is 11.7. The van der Waals surface area contributed by atoms with Crippen LogP contribution in [-0.2, 0) is 0 Å². The highest BCUT2D eigenvalue weighted by atomic mass is 15.3.